The molecule has 0 saturated carbocycles. The Labute approximate surface area is 276 Å². The molecule has 12 nitrogen and oxygen atoms in total. The Balaban J connectivity index is 0.00000400. The molecule has 0 bridgehead atoms. The van der Waals surface area contributed by atoms with Crippen LogP contribution in [0.2, 0.25) is 5.02 Å². The Hall–Kier alpha value is -2.85. The predicted molar refractivity (Wildman–Crippen MR) is 172 cm³/mol. The summed E-state index contributed by atoms with van der Waals surface area (Å²) in [5.74, 6) is -1.30. The molecule has 0 aliphatic carbocycles. The zero-order chi connectivity index (χ0) is 31.0. The van der Waals surface area contributed by atoms with Gasteiger partial charge < -0.3 is 24.8 Å². The fourth-order valence-electron chi connectivity index (χ4n) is 5.69. The zero-order valence-corrected chi connectivity index (χ0v) is 27.8. The molecule has 1 unspecified atom stereocenters. The first-order chi connectivity index (χ1) is 21.1. The Kier molecular flexibility index (Phi) is 10.3. The van der Waals surface area contributed by atoms with Crippen molar-refractivity contribution in [3.8, 4) is 0 Å². The van der Waals surface area contributed by atoms with E-state index < -0.39 is 27.9 Å². The molecule has 1 atom stereocenters. The van der Waals surface area contributed by atoms with Crippen LogP contribution in [-0.4, -0.2) is 122 Å². The molecule has 3 aliphatic rings. The number of hydrogen-bond acceptors (Lipinski definition) is 9. The highest BCUT2D eigenvalue weighted by molar-refractivity contribution is 7.89. The number of amides is 3. The molecule has 242 valence electrons. The first kappa shape index (κ1) is 33.5. The Bertz CT molecular complexity index is 1710. The van der Waals surface area contributed by atoms with Crippen LogP contribution in [0.3, 0.4) is 0 Å². The topological polar surface area (TPSA) is 132 Å². The highest BCUT2D eigenvalue weighted by Crippen LogP contribution is 2.29. The van der Waals surface area contributed by atoms with Gasteiger partial charge in [0.25, 0.3) is 5.91 Å². The van der Waals surface area contributed by atoms with Gasteiger partial charge in [-0.25, -0.2) is 13.4 Å². The van der Waals surface area contributed by atoms with Crippen LogP contribution < -0.4 is 5.32 Å². The summed E-state index contributed by atoms with van der Waals surface area (Å²) < 4.78 is 34.2. The molecular formula is C29H34Cl2N6O6S2. The second-order valence-corrected chi connectivity index (χ2v) is 14.6. The van der Waals surface area contributed by atoms with Gasteiger partial charge in [-0.1, -0.05) is 23.7 Å². The SMILES string of the molecule is CN1CCc2nc(C(=O)N3CCN(S(=O)(=O)c4ccc5cc(Cl)ccc5c4)CC3C(=O)NCC(=O)N3CCOCC3)sc2C1.Cl. The summed E-state index contributed by atoms with van der Waals surface area (Å²) in [6, 6.07) is 8.82. The summed E-state index contributed by atoms with van der Waals surface area (Å²) >= 11 is 7.40. The molecule has 3 amide bonds. The maximum atomic E-state index is 13.8. The number of likely N-dealkylation sites (N-methyl/N-ethyl adjacent to an activating group) is 1. The number of aromatic nitrogens is 1. The lowest BCUT2D eigenvalue weighted by molar-refractivity contribution is -0.137. The second-order valence-electron chi connectivity index (χ2n) is 11.1. The Morgan fingerprint density at radius 2 is 1.78 bits per heavy atom. The number of morpholine rings is 1. The Morgan fingerprint density at radius 1 is 1.04 bits per heavy atom. The molecule has 3 aliphatic heterocycles. The molecule has 2 aromatic carbocycles. The predicted octanol–water partition coefficient (Wildman–Crippen LogP) is 1.85. The zero-order valence-electron chi connectivity index (χ0n) is 24.6. The van der Waals surface area contributed by atoms with E-state index in [1.807, 2.05) is 7.05 Å². The number of nitrogens with zero attached hydrogens (tertiary/aromatic N) is 5. The molecule has 2 fully saturated rings. The minimum absolute atomic E-state index is 0. The average Bonchev–Trinajstić information content (AvgIpc) is 3.46. The summed E-state index contributed by atoms with van der Waals surface area (Å²) in [6.07, 6.45) is 0.729. The van der Waals surface area contributed by atoms with Gasteiger partial charge in [0.05, 0.1) is 30.3 Å². The van der Waals surface area contributed by atoms with Crippen LogP contribution in [-0.2, 0) is 37.3 Å². The lowest BCUT2D eigenvalue weighted by Gasteiger charge is -2.39. The fraction of sp³-hybridized carbons (Fsp3) is 0.448. The van der Waals surface area contributed by atoms with E-state index in [2.05, 4.69) is 15.2 Å². The monoisotopic (exact) mass is 696 g/mol. The maximum Gasteiger partial charge on any atom is 0.283 e. The molecule has 3 aromatic rings. The minimum Gasteiger partial charge on any atom is -0.378 e. The summed E-state index contributed by atoms with van der Waals surface area (Å²) in [5, 5.41) is 4.98. The van der Waals surface area contributed by atoms with Gasteiger partial charge in [-0.2, -0.15) is 4.31 Å². The molecule has 0 radical (unpaired) electrons. The summed E-state index contributed by atoms with van der Waals surface area (Å²) in [5.41, 5.74) is 0.882. The smallest absolute Gasteiger partial charge is 0.283 e. The van der Waals surface area contributed by atoms with E-state index >= 15 is 0 Å². The number of hydrogen-bond donors (Lipinski definition) is 1. The summed E-state index contributed by atoms with van der Waals surface area (Å²) in [4.78, 5) is 51.0. The molecule has 45 heavy (non-hydrogen) atoms. The second kappa shape index (κ2) is 13.9. The standard InChI is InChI=1S/C29H33ClN6O6S2.ClH/c1-33-7-6-23-25(18-33)43-28(32-23)29(39)36-9-8-35(17-24(36)27(38)31-16-26(37)34-10-12-42-13-11-34)44(40,41)22-5-3-19-14-21(30)4-2-20(19)15-22;/h2-5,14-15,24H,6-13,16-18H2,1H3,(H,31,38);1H. The van der Waals surface area contributed by atoms with Crippen LogP contribution >= 0.6 is 35.3 Å². The highest BCUT2D eigenvalue weighted by Gasteiger charge is 2.41. The largest absolute Gasteiger partial charge is 0.378 e. The van der Waals surface area contributed by atoms with Gasteiger partial charge in [0, 0.05) is 62.1 Å². The van der Waals surface area contributed by atoms with E-state index in [4.69, 9.17) is 16.3 Å². The highest BCUT2D eigenvalue weighted by atomic mass is 35.5. The van der Waals surface area contributed by atoms with E-state index in [0.717, 1.165) is 28.9 Å². The van der Waals surface area contributed by atoms with Gasteiger partial charge in [-0.15, -0.1) is 23.7 Å². The van der Waals surface area contributed by atoms with Crippen molar-refractivity contribution in [2.45, 2.75) is 23.9 Å². The van der Waals surface area contributed by atoms with Crippen molar-refractivity contribution < 1.29 is 27.5 Å². The van der Waals surface area contributed by atoms with Crippen LogP contribution in [0.25, 0.3) is 10.8 Å². The van der Waals surface area contributed by atoms with Crippen molar-refractivity contribution >= 4 is 73.9 Å². The molecule has 2 saturated heterocycles. The van der Waals surface area contributed by atoms with Crippen molar-refractivity contribution in [3.05, 3.63) is 57.0 Å². The molecule has 1 N–H and O–H groups in total. The van der Waals surface area contributed by atoms with Crippen LogP contribution in [0.4, 0.5) is 0 Å². The van der Waals surface area contributed by atoms with Crippen LogP contribution in [0.5, 0.6) is 0 Å². The van der Waals surface area contributed by atoms with E-state index in [1.54, 1.807) is 35.2 Å². The van der Waals surface area contributed by atoms with Crippen molar-refractivity contribution in [2.24, 2.45) is 0 Å². The third-order valence-corrected chi connectivity index (χ3v) is 11.4. The molecule has 0 spiro atoms. The molecule has 6 rings (SSSR count). The lowest BCUT2D eigenvalue weighted by atomic mass is 10.1. The number of halogens is 2. The molecular weight excluding hydrogens is 663 g/mol. The number of nitrogens with one attached hydrogen (secondary N) is 1. The van der Waals surface area contributed by atoms with Crippen molar-refractivity contribution in [3.63, 3.8) is 0 Å². The lowest BCUT2D eigenvalue weighted by Crippen LogP contribution is -2.62. The average molecular weight is 698 g/mol. The molecule has 16 heteroatoms. The first-order valence-corrected chi connectivity index (χ1v) is 17.0. The molecule has 4 heterocycles. The Morgan fingerprint density at radius 3 is 2.56 bits per heavy atom. The van der Waals surface area contributed by atoms with Crippen LogP contribution in [0.1, 0.15) is 20.4 Å². The number of thiazole rings is 1. The number of carbonyl (C=O) groups excluding carboxylic acids is 3. The maximum absolute atomic E-state index is 13.8. The van der Waals surface area contributed by atoms with Crippen LogP contribution in [0, 0.1) is 0 Å². The number of rotatable bonds is 6. The van der Waals surface area contributed by atoms with Gasteiger partial charge in [-0.3, -0.25) is 14.4 Å². The van der Waals surface area contributed by atoms with E-state index in [-0.39, 0.29) is 54.4 Å². The van der Waals surface area contributed by atoms with Crippen molar-refractivity contribution in [1.82, 2.24) is 29.3 Å². The fourth-order valence-corrected chi connectivity index (χ4v) is 8.49. The summed E-state index contributed by atoms with van der Waals surface area (Å²) in [6.45, 7) is 2.68. The van der Waals surface area contributed by atoms with Gasteiger partial charge in [0.15, 0.2) is 5.01 Å². The van der Waals surface area contributed by atoms with E-state index in [0.29, 0.717) is 43.3 Å². The number of piperazine rings is 1. The van der Waals surface area contributed by atoms with E-state index in [1.165, 1.54) is 26.6 Å². The van der Waals surface area contributed by atoms with Gasteiger partial charge in [-0.05, 0) is 42.1 Å². The van der Waals surface area contributed by atoms with Gasteiger partial charge >= 0.3 is 0 Å². The number of carbonyl (C=O) groups is 3. The van der Waals surface area contributed by atoms with Crippen LogP contribution in [0.15, 0.2) is 41.3 Å². The third kappa shape index (κ3) is 7.12. The number of ether oxygens (including phenoxy) is 1. The number of fused-ring (bicyclic) bond motifs is 2. The van der Waals surface area contributed by atoms with Crippen molar-refractivity contribution in [1.29, 1.82) is 0 Å². The minimum atomic E-state index is -4.03. The first-order valence-electron chi connectivity index (χ1n) is 14.4. The normalized spacial score (nSPS) is 19.6. The van der Waals surface area contributed by atoms with Gasteiger partial charge in [0.2, 0.25) is 21.8 Å². The summed E-state index contributed by atoms with van der Waals surface area (Å²) in [7, 11) is -2.02. The number of sulfonamides is 1. The third-order valence-electron chi connectivity index (χ3n) is 8.20. The molecule has 1 aromatic heterocycles. The van der Waals surface area contributed by atoms with Gasteiger partial charge in [0.1, 0.15) is 6.04 Å². The van der Waals surface area contributed by atoms with Crippen molar-refractivity contribution in [2.75, 3.05) is 66.1 Å². The number of benzene rings is 2. The quantitative estimate of drug-likeness (QED) is 0.413. The van der Waals surface area contributed by atoms with E-state index in [9.17, 15) is 22.8 Å².